The lowest BCUT2D eigenvalue weighted by atomic mass is 10.0. The lowest BCUT2D eigenvalue weighted by molar-refractivity contribution is -0.384. The van der Waals surface area contributed by atoms with E-state index in [1.165, 1.54) is 6.07 Å². The highest BCUT2D eigenvalue weighted by Crippen LogP contribution is 2.27. The van der Waals surface area contributed by atoms with Gasteiger partial charge >= 0.3 is 0 Å². The third-order valence-corrected chi connectivity index (χ3v) is 5.26. The number of methoxy groups -OCH3 is 1. The van der Waals surface area contributed by atoms with Gasteiger partial charge in [-0.15, -0.1) is 0 Å². The van der Waals surface area contributed by atoms with Crippen molar-refractivity contribution in [1.82, 2.24) is 10.2 Å². The molecule has 1 unspecified atom stereocenters. The van der Waals surface area contributed by atoms with E-state index >= 15 is 0 Å². The second kappa shape index (κ2) is 9.38. The molecule has 0 radical (unpaired) electrons. The lowest BCUT2D eigenvalue weighted by Crippen LogP contribution is -2.36. The second-order valence-electron chi connectivity index (χ2n) is 6.98. The monoisotopic (exact) mass is 398 g/mol. The van der Waals surface area contributed by atoms with E-state index in [4.69, 9.17) is 4.74 Å². The molecular formula is C21H26N4O4. The van der Waals surface area contributed by atoms with E-state index in [0.717, 1.165) is 37.2 Å². The summed E-state index contributed by atoms with van der Waals surface area (Å²) in [7, 11) is 3.24. The average molecular weight is 398 g/mol. The molecule has 29 heavy (non-hydrogen) atoms. The van der Waals surface area contributed by atoms with Crippen LogP contribution in [0.5, 0.6) is 5.75 Å². The fraction of sp³-hybridized carbons (Fsp3) is 0.381. The van der Waals surface area contributed by atoms with Gasteiger partial charge in [-0.2, -0.15) is 0 Å². The Balaban J connectivity index is 1.75. The van der Waals surface area contributed by atoms with Crippen molar-refractivity contribution in [1.29, 1.82) is 0 Å². The Morgan fingerprint density at radius 3 is 2.48 bits per heavy atom. The van der Waals surface area contributed by atoms with Crippen LogP contribution < -0.4 is 15.4 Å². The second-order valence-corrected chi connectivity index (χ2v) is 6.98. The topological polar surface area (TPSA) is 96.7 Å². The van der Waals surface area contributed by atoms with Crippen molar-refractivity contribution in [3.63, 3.8) is 0 Å². The molecule has 8 heteroatoms. The molecule has 1 atom stereocenters. The minimum absolute atomic E-state index is 0.0407. The standard InChI is InChI=1S/C21H26N4O4/c1-22-18-10-7-16(13-19(18)25(27)28)21(26)23-14-20(24-11-3-4-12-24)15-5-8-17(29-2)9-6-15/h5-10,13,20,22H,3-4,11-12,14H2,1-2H3,(H,23,26). The van der Waals surface area contributed by atoms with Crippen LogP contribution in [0.4, 0.5) is 11.4 Å². The number of carbonyl (C=O) groups excluding carboxylic acids is 1. The van der Waals surface area contributed by atoms with Crippen LogP contribution in [-0.4, -0.2) is 49.5 Å². The van der Waals surface area contributed by atoms with Crippen LogP contribution in [0.15, 0.2) is 42.5 Å². The first-order valence-corrected chi connectivity index (χ1v) is 9.66. The van der Waals surface area contributed by atoms with Gasteiger partial charge in [0.15, 0.2) is 0 Å². The quantitative estimate of drug-likeness (QED) is 0.524. The first-order chi connectivity index (χ1) is 14.0. The molecule has 154 valence electrons. The third-order valence-electron chi connectivity index (χ3n) is 5.26. The molecule has 8 nitrogen and oxygen atoms in total. The van der Waals surface area contributed by atoms with Gasteiger partial charge in [0.25, 0.3) is 11.6 Å². The van der Waals surface area contributed by atoms with E-state index in [0.29, 0.717) is 12.2 Å². The summed E-state index contributed by atoms with van der Waals surface area (Å²) >= 11 is 0. The Bertz CT molecular complexity index is 863. The van der Waals surface area contributed by atoms with Crippen LogP contribution in [0.25, 0.3) is 0 Å². The van der Waals surface area contributed by atoms with Crippen LogP contribution in [0, 0.1) is 10.1 Å². The molecule has 0 saturated carbocycles. The summed E-state index contributed by atoms with van der Waals surface area (Å²) < 4.78 is 5.24. The third kappa shape index (κ3) is 4.83. The van der Waals surface area contributed by atoms with Crippen LogP contribution in [0.1, 0.15) is 34.8 Å². The molecule has 1 aliphatic rings. The van der Waals surface area contributed by atoms with E-state index < -0.39 is 4.92 Å². The van der Waals surface area contributed by atoms with Crippen molar-refractivity contribution in [2.75, 3.05) is 39.1 Å². The summed E-state index contributed by atoms with van der Waals surface area (Å²) in [6, 6.07) is 12.3. The van der Waals surface area contributed by atoms with Gasteiger partial charge in [-0.25, -0.2) is 0 Å². The van der Waals surface area contributed by atoms with E-state index in [9.17, 15) is 14.9 Å². The number of nitrogens with one attached hydrogen (secondary N) is 2. The van der Waals surface area contributed by atoms with Crippen molar-refractivity contribution in [3.8, 4) is 5.75 Å². The van der Waals surface area contributed by atoms with Crippen LogP contribution in [-0.2, 0) is 0 Å². The summed E-state index contributed by atoms with van der Waals surface area (Å²) in [6.45, 7) is 2.39. The summed E-state index contributed by atoms with van der Waals surface area (Å²) in [5.74, 6) is 0.461. The van der Waals surface area contributed by atoms with Crippen molar-refractivity contribution in [3.05, 3.63) is 63.7 Å². The van der Waals surface area contributed by atoms with Gasteiger partial charge in [-0.05, 0) is 55.8 Å². The Morgan fingerprint density at radius 1 is 1.21 bits per heavy atom. The van der Waals surface area contributed by atoms with Gasteiger partial charge in [0.1, 0.15) is 11.4 Å². The number of likely N-dealkylation sites (tertiary alicyclic amines) is 1. The highest BCUT2D eigenvalue weighted by atomic mass is 16.6. The van der Waals surface area contributed by atoms with Crippen molar-refractivity contribution >= 4 is 17.3 Å². The number of nitro groups is 1. The minimum Gasteiger partial charge on any atom is -0.497 e. The predicted molar refractivity (Wildman–Crippen MR) is 112 cm³/mol. The molecule has 1 heterocycles. The molecule has 2 N–H and O–H groups in total. The van der Waals surface area contributed by atoms with E-state index in [1.54, 1.807) is 26.3 Å². The van der Waals surface area contributed by atoms with Crippen LogP contribution in [0.2, 0.25) is 0 Å². The number of ether oxygens (including phenoxy) is 1. The van der Waals surface area contributed by atoms with E-state index in [-0.39, 0.29) is 23.2 Å². The molecule has 0 bridgehead atoms. The maximum atomic E-state index is 12.7. The van der Waals surface area contributed by atoms with Crippen molar-refractivity contribution < 1.29 is 14.5 Å². The fourth-order valence-electron chi connectivity index (χ4n) is 3.66. The first kappa shape index (κ1) is 20.6. The van der Waals surface area contributed by atoms with Gasteiger partial charge in [0.2, 0.25) is 0 Å². The number of amides is 1. The number of nitro benzene ring substituents is 1. The maximum Gasteiger partial charge on any atom is 0.293 e. The number of anilines is 1. The fourth-order valence-corrected chi connectivity index (χ4v) is 3.66. The lowest BCUT2D eigenvalue weighted by Gasteiger charge is -2.28. The molecule has 1 saturated heterocycles. The predicted octanol–water partition coefficient (Wildman–Crippen LogP) is 3.21. The molecule has 0 spiro atoms. The van der Waals surface area contributed by atoms with Gasteiger partial charge in [0.05, 0.1) is 18.1 Å². The van der Waals surface area contributed by atoms with E-state index in [2.05, 4.69) is 15.5 Å². The molecule has 0 aromatic heterocycles. The molecule has 3 rings (SSSR count). The smallest absolute Gasteiger partial charge is 0.293 e. The normalized spacial score (nSPS) is 15.0. The molecule has 0 aliphatic carbocycles. The molecule has 1 fully saturated rings. The SMILES string of the molecule is CNc1ccc(C(=O)NCC(c2ccc(OC)cc2)N2CCCC2)cc1[N+](=O)[O-]. The molecule has 2 aromatic rings. The molecule has 1 amide bonds. The highest BCUT2D eigenvalue weighted by molar-refractivity contribution is 5.95. The summed E-state index contributed by atoms with van der Waals surface area (Å²) in [5.41, 5.74) is 1.63. The van der Waals surface area contributed by atoms with Crippen molar-refractivity contribution in [2.24, 2.45) is 0 Å². The summed E-state index contributed by atoms with van der Waals surface area (Å²) in [4.78, 5) is 25.8. The van der Waals surface area contributed by atoms with Gasteiger partial charge in [-0.3, -0.25) is 19.8 Å². The minimum atomic E-state index is -0.493. The van der Waals surface area contributed by atoms with E-state index in [1.807, 2.05) is 24.3 Å². The van der Waals surface area contributed by atoms with Crippen LogP contribution >= 0.6 is 0 Å². The molecular weight excluding hydrogens is 372 g/mol. The Morgan fingerprint density at radius 2 is 1.90 bits per heavy atom. The number of rotatable bonds is 8. The Labute approximate surface area is 170 Å². The zero-order chi connectivity index (χ0) is 20.8. The number of hydrogen-bond donors (Lipinski definition) is 2. The highest BCUT2D eigenvalue weighted by Gasteiger charge is 2.25. The number of nitrogens with zero attached hydrogens (tertiary/aromatic N) is 2. The van der Waals surface area contributed by atoms with Gasteiger partial charge < -0.3 is 15.4 Å². The van der Waals surface area contributed by atoms with Crippen molar-refractivity contribution in [2.45, 2.75) is 18.9 Å². The zero-order valence-electron chi connectivity index (χ0n) is 16.7. The summed E-state index contributed by atoms with van der Waals surface area (Å²) in [5, 5.41) is 17.0. The number of carbonyl (C=O) groups is 1. The number of hydrogen-bond acceptors (Lipinski definition) is 6. The maximum absolute atomic E-state index is 12.7. The molecule has 2 aromatic carbocycles. The average Bonchev–Trinajstić information content (AvgIpc) is 3.28. The number of benzene rings is 2. The van der Waals surface area contributed by atoms with Crippen LogP contribution in [0.3, 0.4) is 0 Å². The Hall–Kier alpha value is -3.13. The summed E-state index contributed by atoms with van der Waals surface area (Å²) in [6.07, 6.45) is 2.27. The van der Waals surface area contributed by atoms with Gasteiger partial charge in [0, 0.05) is 25.2 Å². The largest absolute Gasteiger partial charge is 0.497 e. The van der Waals surface area contributed by atoms with Gasteiger partial charge in [-0.1, -0.05) is 12.1 Å². The molecule has 1 aliphatic heterocycles. The zero-order valence-corrected chi connectivity index (χ0v) is 16.7. The first-order valence-electron chi connectivity index (χ1n) is 9.66. The Kier molecular flexibility index (Phi) is 6.66.